The van der Waals surface area contributed by atoms with Crippen LogP contribution in [0.15, 0.2) is 30.3 Å². The maximum absolute atomic E-state index is 10.6. The second-order valence-corrected chi connectivity index (χ2v) is 2.19. The molecule has 12 heavy (non-hydrogen) atoms. The Morgan fingerprint density at radius 1 is 1.42 bits per heavy atom. The third kappa shape index (κ3) is 4.60. The summed E-state index contributed by atoms with van der Waals surface area (Å²) in [6, 6.07) is 8.82. The van der Waals surface area contributed by atoms with Crippen LogP contribution in [0, 0.1) is 0 Å². The molecule has 0 saturated heterocycles. The van der Waals surface area contributed by atoms with Crippen LogP contribution in [0.2, 0.25) is 0 Å². The van der Waals surface area contributed by atoms with Crippen molar-refractivity contribution in [2.75, 3.05) is 5.88 Å². The Labute approximate surface area is 120 Å². The molecule has 0 heterocycles. The Morgan fingerprint density at radius 2 is 2.00 bits per heavy atom. The molecule has 1 aromatic carbocycles. The zero-order valence-electron chi connectivity index (χ0n) is 7.79. The van der Waals surface area contributed by atoms with E-state index in [9.17, 15) is 4.79 Å². The van der Waals surface area contributed by atoms with E-state index in [2.05, 4.69) is 0 Å². The fourth-order valence-electron chi connectivity index (χ4n) is 0.647. The van der Waals surface area contributed by atoms with Gasteiger partial charge in [-0.15, -0.1) is 11.6 Å². The molecule has 2 nitrogen and oxygen atoms in total. The van der Waals surface area contributed by atoms with Crippen LogP contribution in [0.5, 0.6) is 5.75 Å². The number of esters is 1. The average molecular weight is 211 g/mol. The maximum atomic E-state index is 10.6. The summed E-state index contributed by atoms with van der Waals surface area (Å²) < 4.78 is 4.79. The molecule has 0 aromatic heterocycles. The van der Waals surface area contributed by atoms with E-state index < -0.39 is 5.97 Å². The number of hydrogen-bond acceptors (Lipinski definition) is 2. The van der Waals surface area contributed by atoms with E-state index in [-0.39, 0.29) is 58.7 Å². The monoisotopic (exact) mass is 210 g/mol. The van der Waals surface area contributed by atoms with Crippen molar-refractivity contribution in [3.8, 4) is 5.75 Å². The van der Waals surface area contributed by atoms with Gasteiger partial charge < -0.3 is 6.16 Å². The largest absolute Gasteiger partial charge is 1.00 e. The van der Waals surface area contributed by atoms with Gasteiger partial charge in [-0.25, -0.2) is 0 Å². The fourth-order valence-corrected chi connectivity index (χ4v) is 0.702. The number of carbonyl (C=O) groups is 1. The Hall–Kier alpha value is 0.616. The molecule has 4 heteroatoms. The summed E-state index contributed by atoms with van der Waals surface area (Å²) in [7, 11) is 0. The quantitative estimate of drug-likeness (QED) is 0.270. The Bertz CT molecular complexity index is 243. The van der Waals surface area contributed by atoms with Crippen molar-refractivity contribution >= 4 is 17.6 Å². The van der Waals surface area contributed by atoms with E-state index in [0.29, 0.717) is 5.75 Å². The van der Waals surface area contributed by atoms with Crippen molar-refractivity contribution in [3.05, 3.63) is 30.3 Å². The molecule has 0 bridgehead atoms. The fraction of sp³-hybridized carbons (Fsp3) is 0.125. The molecule has 0 unspecified atom stereocenters. The number of alkyl halides is 1. The van der Waals surface area contributed by atoms with Crippen LogP contribution < -0.4 is 56.1 Å². The predicted molar refractivity (Wildman–Crippen MR) is 43.9 cm³/mol. The van der Waals surface area contributed by atoms with Gasteiger partial charge in [0.25, 0.3) is 0 Å². The van der Waals surface area contributed by atoms with Crippen molar-refractivity contribution in [2.45, 2.75) is 0 Å². The summed E-state index contributed by atoms with van der Waals surface area (Å²) >= 11 is 5.23. The van der Waals surface area contributed by atoms with Crippen molar-refractivity contribution in [3.63, 3.8) is 0 Å². The van der Waals surface area contributed by atoms with Gasteiger partial charge in [0.1, 0.15) is 11.6 Å². The second-order valence-electron chi connectivity index (χ2n) is 1.92. The number of rotatable bonds is 2. The molecule has 0 amide bonds. The molecule has 0 saturated carbocycles. The summed E-state index contributed by atoms with van der Waals surface area (Å²) in [5.41, 5.74) is 0. The third-order valence-corrected chi connectivity index (χ3v) is 1.30. The summed E-state index contributed by atoms with van der Waals surface area (Å²) in [6.45, 7) is 0. The van der Waals surface area contributed by atoms with Crippen molar-refractivity contribution in [1.29, 1.82) is 0 Å². The van der Waals surface area contributed by atoms with Crippen LogP contribution in [-0.2, 0) is 4.79 Å². The first kappa shape index (κ1) is 12.6. The van der Waals surface area contributed by atoms with E-state index >= 15 is 0 Å². The third-order valence-electron chi connectivity index (χ3n) is 1.08. The molecule has 0 aliphatic carbocycles. The predicted octanol–water partition coefficient (Wildman–Crippen LogP) is -1.05. The van der Waals surface area contributed by atoms with Gasteiger partial charge in [-0.05, 0) is 12.1 Å². The van der Waals surface area contributed by atoms with Crippen molar-refractivity contribution in [1.82, 2.24) is 0 Å². The normalized spacial score (nSPS) is 8.42. The zero-order chi connectivity index (χ0) is 8.10. The van der Waals surface area contributed by atoms with Crippen LogP contribution in [0.4, 0.5) is 0 Å². The van der Waals surface area contributed by atoms with Crippen LogP contribution in [-0.4, -0.2) is 11.8 Å². The number of ether oxygens (including phenoxy) is 1. The van der Waals surface area contributed by atoms with Crippen molar-refractivity contribution in [2.24, 2.45) is 0 Å². The first-order chi connectivity index (χ1) is 5.33. The number of hydrogen-bond donors (Lipinski definition) is 0. The minimum atomic E-state index is -0.433. The molecule has 0 atom stereocenters. The van der Waals surface area contributed by atoms with Crippen LogP contribution in [0.1, 0.15) is 1.43 Å². The first-order valence-electron chi connectivity index (χ1n) is 3.14. The van der Waals surface area contributed by atoms with E-state index in [1.54, 1.807) is 24.3 Å². The smallest absolute Gasteiger partial charge is 1.00 e. The minimum absolute atomic E-state index is 0. The second kappa shape index (κ2) is 7.06. The number of halogens is 1. The van der Waals surface area contributed by atoms with Crippen LogP contribution in [0.25, 0.3) is 0 Å². The van der Waals surface area contributed by atoms with Crippen LogP contribution >= 0.6 is 11.6 Å². The van der Waals surface area contributed by atoms with Gasteiger partial charge in [-0.2, -0.15) is 0 Å². The molecule has 1 aromatic rings. The molecular formula is C8H8ClKO2. The Kier molecular flexibility index (Phi) is 7.42. The average Bonchev–Trinajstić information content (AvgIpc) is 2.06. The minimum Gasteiger partial charge on any atom is -1.00 e. The molecule has 60 valence electrons. The van der Waals surface area contributed by atoms with E-state index in [1.807, 2.05) is 6.07 Å². The number of benzene rings is 1. The first-order valence-corrected chi connectivity index (χ1v) is 3.68. The van der Waals surface area contributed by atoms with Crippen molar-refractivity contribution < 1.29 is 62.3 Å². The SMILES string of the molecule is O=C(CCl)Oc1ccccc1.[H-].[K+]. The molecule has 0 N–H and O–H groups in total. The summed E-state index contributed by atoms with van der Waals surface area (Å²) in [4.78, 5) is 10.6. The van der Waals surface area contributed by atoms with Gasteiger partial charge in [0, 0.05) is 0 Å². The van der Waals surface area contributed by atoms with E-state index in [4.69, 9.17) is 16.3 Å². The molecular weight excluding hydrogens is 203 g/mol. The van der Waals surface area contributed by atoms with E-state index in [1.165, 1.54) is 0 Å². The van der Waals surface area contributed by atoms with Gasteiger partial charge in [0.2, 0.25) is 0 Å². The summed E-state index contributed by atoms with van der Waals surface area (Å²) in [6.07, 6.45) is 0. The van der Waals surface area contributed by atoms with Gasteiger partial charge in [0.05, 0.1) is 0 Å². The summed E-state index contributed by atoms with van der Waals surface area (Å²) in [5, 5.41) is 0. The zero-order valence-corrected chi connectivity index (χ0v) is 10.7. The molecule has 0 aliphatic heterocycles. The molecule has 1 rings (SSSR count). The number of carbonyl (C=O) groups excluding carboxylic acids is 1. The molecule has 0 fully saturated rings. The number of para-hydroxylation sites is 1. The standard InChI is InChI=1S/C8H7ClO2.K.H/c9-6-8(10)11-7-4-2-1-3-5-7;;/h1-5H,6H2;;/q;+1;-1. The molecule has 0 radical (unpaired) electrons. The maximum Gasteiger partial charge on any atom is 1.00 e. The van der Waals surface area contributed by atoms with Gasteiger partial charge in [-0.3, -0.25) is 4.79 Å². The topological polar surface area (TPSA) is 26.3 Å². The van der Waals surface area contributed by atoms with Gasteiger partial charge >= 0.3 is 57.4 Å². The summed E-state index contributed by atoms with van der Waals surface area (Å²) in [5.74, 6) is -0.0226. The van der Waals surface area contributed by atoms with Gasteiger partial charge in [-0.1, -0.05) is 18.2 Å². The Morgan fingerprint density at radius 3 is 2.50 bits per heavy atom. The van der Waals surface area contributed by atoms with Crippen LogP contribution in [0.3, 0.4) is 0 Å². The molecule has 0 spiro atoms. The molecule has 0 aliphatic rings. The van der Waals surface area contributed by atoms with Gasteiger partial charge in [0.15, 0.2) is 0 Å². The van der Waals surface area contributed by atoms with E-state index in [0.717, 1.165) is 0 Å². The Balaban J connectivity index is 0.